The van der Waals surface area contributed by atoms with Gasteiger partial charge in [-0.2, -0.15) is 4.98 Å². The van der Waals surface area contributed by atoms with Crippen molar-refractivity contribution in [2.24, 2.45) is 0 Å². The van der Waals surface area contributed by atoms with Crippen LogP contribution >= 0.6 is 0 Å². The van der Waals surface area contributed by atoms with Crippen LogP contribution in [0, 0.1) is 12.7 Å². The highest BCUT2D eigenvalue weighted by Gasteiger charge is 2.30. The van der Waals surface area contributed by atoms with Gasteiger partial charge in [0.15, 0.2) is 5.82 Å². The first kappa shape index (κ1) is 12.3. The van der Waals surface area contributed by atoms with Crippen LogP contribution < -0.4 is 0 Å². The molecule has 0 amide bonds. The van der Waals surface area contributed by atoms with Gasteiger partial charge in [0.1, 0.15) is 5.82 Å². The van der Waals surface area contributed by atoms with Crippen LogP contribution in [-0.4, -0.2) is 21.1 Å². The number of halogens is 1. The molecular formula is C14H16FN3O. The van der Waals surface area contributed by atoms with E-state index in [1.165, 1.54) is 6.07 Å². The third kappa shape index (κ3) is 2.98. The molecule has 0 N–H and O–H groups in total. The highest BCUT2D eigenvalue weighted by molar-refractivity contribution is 5.17. The zero-order valence-electron chi connectivity index (χ0n) is 10.8. The van der Waals surface area contributed by atoms with Gasteiger partial charge in [0.05, 0.1) is 6.54 Å². The molecule has 0 unspecified atom stereocenters. The lowest BCUT2D eigenvalue weighted by Gasteiger charge is -2.20. The van der Waals surface area contributed by atoms with E-state index in [4.69, 9.17) is 4.52 Å². The van der Waals surface area contributed by atoms with E-state index >= 15 is 0 Å². The minimum Gasteiger partial charge on any atom is -0.338 e. The van der Waals surface area contributed by atoms with Crippen molar-refractivity contribution >= 4 is 0 Å². The first-order chi connectivity index (χ1) is 9.22. The molecule has 0 saturated heterocycles. The Morgan fingerprint density at radius 2 is 2.11 bits per heavy atom. The van der Waals surface area contributed by atoms with Crippen LogP contribution in [0.25, 0.3) is 0 Å². The third-order valence-corrected chi connectivity index (χ3v) is 3.30. The van der Waals surface area contributed by atoms with E-state index in [0.717, 1.165) is 12.8 Å². The molecule has 1 aliphatic carbocycles. The minimum atomic E-state index is -0.158. The number of benzene rings is 1. The SMILES string of the molecule is Cc1noc(CN(Cc2ccccc2F)C2CC2)n1. The molecule has 0 spiro atoms. The van der Waals surface area contributed by atoms with Gasteiger partial charge in [0.2, 0.25) is 5.89 Å². The van der Waals surface area contributed by atoms with Crippen molar-refractivity contribution in [3.63, 3.8) is 0 Å². The highest BCUT2D eigenvalue weighted by atomic mass is 19.1. The van der Waals surface area contributed by atoms with Gasteiger partial charge >= 0.3 is 0 Å². The van der Waals surface area contributed by atoms with Crippen molar-refractivity contribution in [1.29, 1.82) is 0 Å². The fourth-order valence-electron chi connectivity index (χ4n) is 2.18. The topological polar surface area (TPSA) is 42.2 Å². The van der Waals surface area contributed by atoms with Crippen molar-refractivity contribution in [3.05, 3.63) is 47.4 Å². The smallest absolute Gasteiger partial charge is 0.240 e. The fraction of sp³-hybridized carbons (Fsp3) is 0.429. The van der Waals surface area contributed by atoms with E-state index in [-0.39, 0.29) is 5.82 Å². The second kappa shape index (κ2) is 5.09. The lowest BCUT2D eigenvalue weighted by Crippen LogP contribution is -2.25. The van der Waals surface area contributed by atoms with Crippen LogP contribution in [0.5, 0.6) is 0 Å². The van der Waals surface area contributed by atoms with Gasteiger partial charge in [0, 0.05) is 18.2 Å². The minimum absolute atomic E-state index is 0.158. The summed E-state index contributed by atoms with van der Waals surface area (Å²) in [4.78, 5) is 6.41. The molecule has 0 aliphatic heterocycles. The average Bonchev–Trinajstić information content (AvgIpc) is 3.16. The second-order valence-corrected chi connectivity index (χ2v) is 4.96. The van der Waals surface area contributed by atoms with Gasteiger partial charge < -0.3 is 4.52 Å². The molecule has 1 saturated carbocycles. The maximum absolute atomic E-state index is 13.7. The molecule has 100 valence electrons. The first-order valence-corrected chi connectivity index (χ1v) is 6.49. The predicted molar refractivity (Wildman–Crippen MR) is 67.7 cm³/mol. The van der Waals surface area contributed by atoms with Crippen LogP contribution in [0.1, 0.15) is 30.1 Å². The molecular weight excluding hydrogens is 245 g/mol. The molecule has 5 heteroatoms. The summed E-state index contributed by atoms with van der Waals surface area (Å²) in [5.41, 5.74) is 0.714. The maximum Gasteiger partial charge on any atom is 0.240 e. The molecule has 1 aliphatic rings. The van der Waals surface area contributed by atoms with Crippen molar-refractivity contribution in [1.82, 2.24) is 15.0 Å². The lowest BCUT2D eigenvalue weighted by molar-refractivity contribution is 0.207. The van der Waals surface area contributed by atoms with Crippen molar-refractivity contribution in [3.8, 4) is 0 Å². The summed E-state index contributed by atoms with van der Waals surface area (Å²) in [7, 11) is 0. The summed E-state index contributed by atoms with van der Waals surface area (Å²) < 4.78 is 18.8. The van der Waals surface area contributed by atoms with Crippen LogP contribution in [0.4, 0.5) is 4.39 Å². The normalized spacial score (nSPS) is 15.1. The molecule has 1 aromatic heterocycles. The Balaban J connectivity index is 1.73. The van der Waals surface area contributed by atoms with Crippen molar-refractivity contribution < 1.29 is 8.91 Å². The fourth-order valence-corrected chi connectivity index (χ4v) is 2.18. The summed E-state index contributed by atoms with van der Waals surface area (Å²) in [5, 5.41) is 3.79. The molecule has 0 radical (unpaired) electrons. The van der Waals surface area contributed by atoms with E-state index in [1.807, 2.05) is 12.1 Å². The molecule has 4 nitrogen and oxygen atoms in total. The summed E-state index contributed by atoms with van der Waals surface area (Å²) in [6.07, 6.45) is 2.31. The molecule has 1 heterocycles. The second-order valence-electron chi connectivity index (χ2n) is 4.96. The van der Waals surface area contributed by atoms with E-state index in [1.54, 1.807) is 13.0 Å². The Morgan fingerprint density at radius 1 is 1.32 bits per heavy atom. The number of nitrogens with zero attached hydrogens (tertiary/aromatic N) is 3. The van der Waals surface area contributed by atoms with Crippen LogP contribution in [0.3, 0.4) is 0 Å². The van der Waals surface area contributed by atoms with E-state index in [9.17, 15) is 4.39 Å². The van der Waals surface area contributed by atoms with E-state index in [2.05, 4.69) is 15.0 Å². The molecule has 2 aromatic rings. The number of rotatable bonds is 5. The molecule has 19 heavy (non-hydrogen) atoms. The van der Waals surface area contributed by atoms with Gasteiger partial charge in [-0.1, -0.05) is 23.4 Å². The van der Waals surface area contributed by atoms with Crippen LogP contribution in [0.15, 0.2) is 28.8 Å². The summed E-state index contributed by atoms with van der Waals surface area (Å²) in [5.74, 6) is 1.08. The molecule has 0 bridgehead atoms. The zero-order valence-corrected chi connectivity index (χ0v) is 10.8. The lowest BCUT2D eigenvalue weighted by atomic mass is 10.2. The summed E-state index contributed by atoms with van der Waals surface area (Å²) in [6, 6.07) is 7.40. The molecule has 3 rings (SSSR count). The predicted octanol–water partition coefficient (Wildman–Crippen LogP) is 2.68. The van der Waals surface area contributed by atoms with Crippen molar-refractivity contribution in [2.75, 3.05) is 0 Å². The highest BCUT2D eigenvalue weighted by Crippen LogP contribution is 2.30. The maximum atomic E-state index is 13.7. The van der Waals surface area contributed by atoms with Gasteiger partial charge in [-0.15, -0.1) is 0 Å². The van der Waals surface area contributed by atoms with E-state index < -0.39 is 0 Å². The summed E-state index contributed by atoms with van der Waals surface area (Å²) in [6.45, 7) is 2.96. The van der Waals surface area contributed by atoms with Gasteiger partial charge in [-0.05, 0) is 25.8 Å². The van der Waals surface area contributed by atoms with Crippen LogP contribution in [0.2, 0.25) is 0 Å². The largest absolute Gasteiger partial charge is 0.338 e. The molecule has 1 aromatic carbocycles. The quantitative estimate of drug-likeness (QED) is 0.830. The number of hydrogen-bond acceptors (Lipinski definition) is 4. The third-order valence-electron chi connectivity index (χ3n) is 3.30. The number of aryl methyl sites for hydroxylation is 1. The Kier molecular flexibility index (Phi) is 3.29. The van der Waals surface area contributed by atoms with E-state index in [0.29, 0.717) is 36.4 Å². The number of aromatic nitrogens is 2. The van der Waals surface area contributed by atoms with Crippen LogP contribution in [-0.2, 0) is 13.1 Å². The van der Waals surface area contributed by atoms with Crippen molar-refractivity contribution in [2.45, 2.75) is 38.9 Å². The Labute approximate surface area is 111 Å². The monoisotopic (exact) mass is 261 g/mol. The first-order valence-electron chi connectivity index (χ1n) is 6.49. The Hall–Kier alpha value is -1.75. The number of hydrogen-bond donors (Lipinski definition) is 0. The Bertz CT molecular complexity index is 565. The zero-order chi connectivity index (χ0) is 13.2. The van der Waals surface area contributed by atoms with Gasteiger partial charge in [-0.25, -0.2) is 4.39 Å². The molecule has 0 atom stereocenters. The standard InChI is InChI=1S/C14H16FN3O/c1-10-16-14(19-17-10)9-18(12-6-7-12)8-11-4-2-3-5-13(11)15/h2-5,12H,6-9H2,1H3. The molecule has 1 fully saturated rings. The van der Waals surface area contributed by atoms with Gasteiger partial charge in [0.25, 0.3) is 0 Å². The summed E-state index contributed by atoms with van der Waals surface area (Å²) >= 11 is 0. The Morgan fingerprint density at radius 3 is 2.74 bits per heavy atom. The van der Waals surface area contributed by atoms with Gasteiger partial charge in [-0.3, -0.25) is 4.90 Å². The average molecular weight is 261 g/mol.